The van der Waals surface area contributed by atoms with E-state index in [1.807, 2.05) is 24.3 Å². The zero-order chi connectivity index (χ0) is 16.8. The zero-order valence-corrected chi connectivity index (χ0v) is 13.4. The van der Waals surface area contributed by atoms with Crippen LogP contribution in [0, 0.1) is 5.92 Å². The summed E-state index contributed by atoms with van der Waals surface area (Å²) < 4.78 is 5.05. The van der Waals surface area contributed by atoms with Gasteiger partial charge in [-0.25, -0.2) is 0 Å². The first kappa shape index (κ1) is 16.3. The molecule has 2 heterocycles. The second-order valence-electron chi connectivity index (χ2n) is 5.87. The molecule has 0 spiro atoms. The number of piperidine rings is 1. The molecule has 0 saturated carbocycles. The summed E-state index contributed by atoms with van der Waals surface area (Å²) in [5, 5.41) is 9.00. The summed E-state index contributed by atoms with van der Waals surface area (Å²) >= 11 is 0. The Kier molecular flexibility index (Phi) is 5.28. The Balaban J connectivity index is 1.49. The predicted octanol–water partition coefficient (Wildman–Crippen LogP) is 2.15. The topological polar surface area (TPSA) is 83.4 Å². The van der Waals surface area contributed by atoms with E-state index >= 15 is 0 Å². The van der Waals surface area contributed by atoms with Crippen LogP contribution in [0.4, 0.5) is 5.69 Å². The van der Waals surface area contributed by atoms with Crippen molar-refractivity contribution >= 4 is 17.5 Å². The Hall–Kier alpha value is -2.60. The third-order valence-corrected chi connectivity index (χ3v) is 4.13. The van der Waals surface area contributed by atoms with Gasteiger partial charge in [-0.1, -0.05) is 12.1 Å². The Morgan fingerprint density at radius 2 is 1.88 bits per heavy atom. The average molecular weight is 327 g/mol. The van der Waals surface area contributed by atoms with Crippen LogP contribution in [0.2, 0.25) is 0 Å². The standard InChI is InChI=1S/C18H21N3O3/c22-17(14-7-9-19-10-8-14)20-12-13-3-5-15(6-4-13)21-18(23)16-2-1-11-24-16/h1-6,11,14,19H,7-10,12H2,(H,20,22)(H,21,23). The van der Waals surface area contributed by atoms with E-state index in [4.69, 9.17) is 4.42 Å². The van der Waals surface area contributed by atoms with E-state index < -0.39 is 0 Å². The summed E-state index contributed by atoms with van der Waals surface area (Å²) in [6.07, 6.45) is 3.25. The minimum absolute atomic E-state index is 0.109. The van der Waals surface area contributed by atoms with Gasteiger partial charge in [0.25, 0.3) is 5.91 Å². The van der Waals surface area contributed by atoms with E-state index in [-0.39, 0.29) is 23.5 Å². The average Bonchev–Trinajstić information content (AvgIpc) is 3.16. The van der Waals surface area contributed by atoms with Gasteiger partial charge in [-0.05, 0) is 55.8 Å². The number of nitrogens with one attached hydrogen (secondary N) is 3. The molecular formula is C18H21N3O3. The molecule has 3 N–H and O–H groups in total. The third kappa shape index (κ3) is 4.23. The molecule has 0 aliphatic carbocycles. The molecule has 1 aromatic carbocycles. The van der Waals surface area contributed by atoms with E-state index in [9.17, 15) is 9.59 Å². The van der Waals surface area contributed by atoms with Crippen molar-refractivity contribution in [2.24, 2.45) is 5.92 Å². The maximum absolute atomic E-state index is 12.1. The molecule has 2 aromatic rings. The molecule has 0 unspecified atom stereocenters. The van der Waals surface area contributed by atoms with Gasteiger partial charge >= 0.3 is 0 Å². The molecule has 1 fully saturated rings. The fourth-order valence-corrected chi connectivity index (χ4v) is 2.72. The summed E-state index contributed by atoms with van der Waals surface area (Å²) in [4.78, 5) is 24.0. The number of hydrogen-bond donors (Lipinski definition) is 3. The zero-order valence-electron chi connectivity index (χ0n) is 13.4. The van der Waals surface area contributed by atoms with Crippen LogP contribution in [0.15, 0.2) is 47.1 Å². The highest BCUT2D eigenvalue weighted by atomic mass is 16.3. The van der Waals surface area contributed by atoms with Crippen molar-refractivity contribution in [3.63, 3.8) is 0 Å². The molecule has 2 amide bonds. The molecule has 0 atom stereocenters. The van der Waals surface area contributed by atoms with Gasteiger partial charge in [0.2, 0.25) is 5.91 Å². The molecule has 1 aliphatic rings. The quantitative estimate of drug-likeness (QED) is 0.786. The largest absolute Gasteiger partial charge is 0.459 e. The Labute approximate surface area is 140 Å². The Bertz CT molecular complexity index is 674. The van der Waals surface area contributed by atoms with Crippen LogP contribution in [0.25, 0.3) is 0 Å². The van der Waals surface area contributed by atoms with Gasteiger partial charge < -0.3 is 20.4 Å². The van der Waals surface area contributed by atoms with Crippen LogP contribution in [0.3, 0.4) is 0 Å². The number of benzene rings is 1. The van der Waals surface area contributed by atoms with Gasteiger partial charge in [0.1, 0.15) is 0 Å². The minimum atomic E-state index is -0.285. The van der Waals surface area contributed by atoms with E-state index in [2.05, 4.69) is 16.0 Å². The van der Waals surface area contributed by atoms with Crippen molar-refractivity contribution < 1.29 is 14.0 Å². The minimum Gasteiger partial charge on any atom is -0.459 e. The molecule has 0 bridgehead atoms. The maximum atomic E-state index is 12.1. The Morgan fingerprint density at radius 1 is 1.12 bits per heavy atom. The van der Waals surface area contributed by atoms with Gasteiger partial charge in [-0.2, -0.15) is 0 Å². The fourth-order valence-electron chi connectivity index (χ4n) is 2.72. The summed E-state index contributed by atoms with van der Waals surface area (Å²) in [6.45, 7) is 2.31. The van der Waals surface area contributed by atoms with Crippen LogP contribution in [-0.4, -0.2) is 24.9 Å². The highest BCUT2D eigenvalue weighted by Crippen LogP contribution is 2.14. The van der Waals surface area contributed by atoms with Crippen molar-refractivity contribution in [2.75, 3.05) is 18.4 Å². The highest BCUT2D eigenvalue weighted by molar-refractivity contribution is 6.02. The molecule has 24 heavy (non-hydrogen) atoms. The van der Waals surface area contributed by atoms with E-state index in [0.29, 0.717) is 12.2 Å². The maximum Gasteiger partial charge on any atom is 0.291 e. The van der Waals surface area contributed by atoms with Gasteiger partial charge in [0, 0.05) is 18.2 Å². The van der Waals surface area contributed by atoms with Crippen LogP contribution in [-0.2, 0) is 11.3 Å². The first-order chi connectivity index (χ1) is 11.7. The molecule has 1 saturated heterocycles. The van der Waals surface area contributed by atoms with Crippen LogP contribution in [0.1, 0.15) is 29.0 Å². The van der Waals surface area contributed by atoms with E-state index in [0.717, 1.165) is 31.5 Å². The molecule has 6 nitrogen and oxygen atoms in total. The lowest BCUT2D eigenvalue weighted by molar-refractivity contribution is -0.125. The van der Waals surface area contributed by atoms with Crippen LogP contribution >= 0.6 is 0 Å². The van der Waals surface area contributed by atoms with E-state index in [1.54, 1.807) is 12.1 Å². The number of anilines is 1. The number of furan rings is 1. The van der Waals surface area contributed by atoms with Crippen molar-refractivity contribution in [1.29, 1.82) is 0 Å². The lowest BCUT2D eigenvalue weighted by Gasteiger charge is -2.21. The number of amides is 2. The number of hydrogen-bond acceptors (Lipinski definition) is 4. The van der Waals surface area contributed by atoms with Gasteiger partial charge in [0.05, 0.1) is 6.26 Å². The molecule has 1 aliphatic heterocycles. The normalized spacial score (nSPS) is 15.0. The molecule has 6 heteroatoms. The second kappa shape index (κ2) is 7.79. The molecule has 3 rings (SSSR count). The molecule has 0 radical (unpaired) electrons. The first-order valence-corrected chi connectivity index (χ1v) is 8.14. The summed E-state index contributed by atoms with van der Waals surface area (Å²) in [6, 6.07) is 10.7. The molecular weight excluding hydrogens is 306 g/mol. The molecule has 1 aromatic heterocycles. The van der Waals surface area contributed by atoms with E-state index in [1.165, 1.54) is 6.26 Å². The number of carbonyl (C=O) groups excluding carboxylic acids is 2. The lowest BCUT2D eigenvalue weighted by atomic mass is 9.97. The third-order valence-electron chi connectivity index (χ3n) is 4.13. The monoisotopic (exact) mass is 327 g/mol. The van der Waals surface area contributed by atoms with Crippen molar-refractivity contribution in [3.8, 4) is 0 Å². The Morgan fingerprint density at radius 3 is 2.54 bits per heavy atom. The predicted molar refractivity (Wildman–Crippen MR) is 90.5 cm³/mol. The van der Waals surface area contributed by atoms with Crippen molar-refractivity contribution in [3.05, 3.63) is 54.0 Å². The second-order valence-corrected chi connectivity index (χ2v) is 5.87. The van der Waals surface area contributed by atoms with Crippen LogP contribution < -0.4 is 16.0 Å². The van der Waals surface area contributed by atoms with Gasteiger partial charge in [-0.15, -0.1) is 0 Å². The van der Waals surface area contributed by atoms with Crippen molar-refractivity contribution in [1.82, 2.24) is 10.6 Å². The van der Waals surface area contributed by atoms with Gasteiger partial charge in [0.15, 0.2) is 5.76 Å². The SMILES string of the molecule is O=C(Nc1ccc(CNC(=O)C2CCNCC2)cc1)c1ccco1. The van der Waals surface area contributed by atoms with Crippen LogP contribution in [0.5, 0.6) is 0 Å². The lowest BCUT2D eigenvalue weighted by Crippen LogP contribution is -2.37. The first-order valence-electron chi connectivity index (χ1n) is 8.14. The smallest absolute Gasteiger partial charge is 0.291 e. The summed E-state index contributed by atoms with van der Waals surface area (Å²) in [7, 11) is 0. The summed E-state index contributed by atoms with van der Waals surface area (Å²) in [5.74, 6) is 0.213. The van der Waals surface area contributed by atoms with Crippen molar-refractivity contribution in [2.45, 2.75) is 19.4 Å². The molecule has 126 valence electrons. The number of rotatable bonds is 5. The highest BCUT2D eigenvalue weighted by Gasteiger charge is 2.20. The van der Waals surface area contributed by atoms with Gasteiger partial charge in [-0.3, -0.25) is 9.59 Å². The summed E-state index contributed by atoms with van der Waals surface area (Å²) in [5.41, 5.74) is 1.68. The fraction of sp³-hybridized carbons (Fsp3) is 0.333. The number of carbonyl (C=O) groups is 2.